The molecule has 0 bridgehead atoms. The molecule has 0 spiro atoms. The Morgan fingerprint density at radius 3 is 2.50 bits per heavy atom. The Labute approximate surface area is 110 Å². The molecular weight excluding hydrogens is 298 g/mol. The molecule has 20 heavy (non-hydrogen) atoms. The first kappa shape index (κ1) is 12.6. The van der Waals surface area contributed by atoms with Crippen LogP contribution in [-0.4, -0.2) is 23.7 Å². The Morgan fingerprint density at radius 1 is 1.35 bits per heavy atom. The predicted octanol–water partition coefficient (Wildman–Crippen LogP) is 0.281. The number of imidazole rings is 1. The lowest BCUT2D eigenvalue weighted by Crippen LogP contribution is -2.26. The fourth-order valence-corrected chi connectivity index (χ4v) is 2.57. The van der Waals surface area contributed by atoms with Crippen LogP contribution in [0.4, 0.5) is 8.78 Å². The smallest absolute Gasteiger partial charge is 0.395 e. The van der Waals surface area contributed by atoms with Crippen molar-refractivity contribution in [3.8, 4) is 17.6 Å². The molecule has 2 aromatic rings. The molecule has 3 rings (SSSR count). The number of hydrogen-bond acceptors (Lipinski definition) is 6. The molecule has 0 atom stereocenters. The molecule has 0 saturated carbocycles. The van der Waals surface area contributed by atoms with Gasteiger partial charge in [0.2, 0.25) is 5.82 Å². The summed E-state index contributed by atoms with van der Waals surface area (Å²) in [6.45, 7) is 0. The highest BCUT2D eigenvalue weighted by atomic mass is 32.2. The topological polar surface area (TPSA) is 120 Å². The van der Waals surface area contributed by atoms with Crippen LogP contribution in [0.2, 0.25) is 0 Å². The van der Waals surface area contributed by atoms with Gasteiger partial charge in [0.25, 0.3) is 0 Å². The highest BCUT2D eigenvalue weighted by Crippen LogP contribution is 2.43. The van der Waals surface area contributed by atoms with Crippen LogP contribution in [0, 0.1) is 11.3 Å². The summed E-state index contributed by atoms with van der Waals surface area (Å²) in [7, 11) is -4.33. The van der Waals surface area contributed by atoms with Crippen LogP contribution in [0.15, 0.2) is 12.1 Å². The van der Waals surface area contributed by atoms with Gasteiger partial charge in [0.1, 0.15) is 6.07 Å². The number of halogens is 2. The van der Waals surface area contributed by atoms with Crippen LogP contribution in [0.1, 0.15) is 5.82 Å². The fourth-order valence-electron chi connectivity index (χ4n) is 1.83. The highest BCUT2D eigenvalue weighted by Gasteiger charge is 2.44. The summed E-state index contributed by atoms with van der Waals surface area (Å²) in [6.07, 6.45) is -3.84. The number of rotatable bonds is 1. The van der Waals surface area contributed by atoms with Gasteiger partial charge in [0.15, 0.2) is 11.5 Å². The van der Waals surface area contributed by atoms with E-state index in [0.717, 1.165) is 12.1 Å². The predicted molar refractivity (Wildman–Crippen MR) is 59.2 cm³/mol. The van der Waals surface area contributed by atoms with Crippen molar-refractivity contribution in [3.05, 3.63) is 18.0 Å². The zero-order valence-electron chi connectivity index (χ0n) is 9.37. The Bertz CT molecular complexity index is 883. The van der Waals surface area contributed by atoms with Crippen LogP contribution in [0.5, 0.6) is 11.5 Å². The van der Waals surface area contributed by atoms with E-state index >= 15 is 0 Å². The number of aromatic nitrogens is 2. The monoisotopic (exact) mass is 302 g/mol. The van der Waals surface area contributed by atoms with Crippen molar-refractivity contribution in [2.24, 2.45) is 5.14 Å². The van der Waals surface area contributed by atoms with Gasteiger partial charge in [0, 0.05) is 12.1 Å². The number of nitrogens with two attached hydrogens (primary N) is 1. The van der Waals surface area contributed by atoms with Crippen LogP contribution in [0.3, 0.4) is 0 Å². The van der Waals surface area contributed by atoms with Crippen molar-refractivity contribution in [2.75, 3.05) is 0 Å². The second-order valence-electron chi connectivity index (χ2n) is 3.81. The zero-order chi connectivity index (χ0) is 14.7. The van der Waals surface area contributed by atoms with E-state index in [-0.39, 0.29) is 22.5 Å². The lowest BCUT2D eigenvalue weighted by molar-refractivity contribution is -0.286. The average molecular weight is 302 g/mol. The Kier molecular flexibility index (Phi) is 2.24. The summed E-state index contributed by atoms with van der Waals surface area (Å²) in [6, 6.07) is 3.54. The molecule has 0 radical (unpaired) electrons. The molecule has 11 heteroatoms. The van der Waals surface area contributed by atoms with Gasteiger partial charge in [-0.25, -0.2) is 10.1 Å². The summed E-state index contributed by atoms with van der Waals surface area (Å²) >= 11 is 0. The maximum Gasteiger partial charge on any atom is 0.586 e. The maximum absolute atomic E-state index is 12.9. The molecule has 2 N–H and O–H groups in total. The summed E-state index contributed by atoms with van der Waals surface area (Å²) in [5.74, 6) is -1.19. The van der Waals surface area contributed by atoms with E-state index in [1.54, 1.807) is 6.07 Å². The van der Waals surface area contributed by atoms with Crippen LogP contribution < -0.4 is 14.6 Å². The Morgan fingerprint density at radius 2 is 1.95 bits per heavy atom. The zero-order valence-corrected chi connectivity index (χ0v) is 10.2. The van der Waals surface area contributed by atoms with Crippen LogP contribution in [-0.2, 0) is 10.2 Å². The molecule has 0 aliphatic carbocycles. The molecule has 1 aliphatic rings. The molecule has 1 aliphatic heterocycles. The van der Waals surface area contributed by atoms with Crippen molar-refractivity contribution in [1.29, 1.82) is 5.26 Å². The molecule has 0 fully saturated rings. The van der Waals surface area contributed by atoms with Gasteiger partial charge in [0.05, 0.1) is 11.0 Å². The molecular formula is C9H4F2N4O4S. The standard InChI is InChI=1S/C9H4F2N4O4S/c10-9(11)18-6-1-4-5(2-7(6)19-9)15(20(13,16)17)8(3-12)14-4/h1-2H,(H2,13,16,17). The van der Waals surface area contributed by atoms with E-state index in [4.69, 9.17) is 10.4 Å². The van der Waals surface area contributed by atoms with Crippen molar-refractivity contribution in [2.45, 2.75) is 6.29 Å². The third-order valence-electron chi connectivity index (χ3n) is 2.49. The van der Waals surface area contributed by atoms with Crippen LogP contribution in [0.25, 0.3) is 11.0 Å². The largest absolute Gasteiger partial charge is 0.586 e. The minimum Gasteiger partial charge on any atom is -0.395 e. The van der Waals surface area contributed by atoms with Gasteiger partial charge in [-0.3, -0.25) is 0 Å². The van der Waals surface area contributed by atoms with Gasteiger partial charge < -0.3 is 9.47 Å². The van der Waals surface area contributed by atoms with Crippen molar-refractivity contribution >= 4 is 21.2 Å². The van der Waals surface area contributed by atoms with E-state index < -0.39 is 22.3 Å². The second-order valence-corrected chi connectivity index (χ2v) is 5.21. The molecule has 1 aromatic carbocycles. The fraction of sp³-hybridized carbons (Fsp3) is 0.111. The maximum atomic E-state index is 12.9. The number of fused-ring (bicyclic) bond motifs is 2. The minimum absolute atomic E-state index is 0.0457. The van der Waals surface area contributed by atoms with E-state index in [9.17, 15) is 17.2 Å². The van der Waals surface area contributed by atoms with Gasteiger partial charge in [-0.15, -0.1) is 8.78 Å². The minimum atomic E-state index is -4.33. The van der Waals surface area contributed by atoms with Crippen molar-refractivity contribution in [1.82, 2.24) is 8.96 Å². The number of nitriles is 1. The van der Waals surface area contributed by atoms with Crippen molar-refractivity contribution in [3.63, 3.8) is 0 Å². The van der Waals surface area contributed by atoms with Crippen molar-refractivity contribution < 1.29 is 26.7 Å². The first-order chi connectivity index (χ1) is 9.21. The van der Waals surface area contributed by atoms with E-state index in [1.807, 2.05) is 0 Å². The number of ether oxygens (including phenoxy) is 2. The molecule has 0 unspecified atom stereocenters. The molecule has 104 valence electrons. The third-order valence-corrected chi connectivity index (χ3v) is 3.37. The third kappa shape index (κ3) is 1.74. The van der Waals surface area contributed by atoms with E-state index in [0.29, 0.717) is 3.97 Å². The van der Waals surface area contributed by atoms with E-state index in [2.05, 4.69) is 14.5 Å². The number of benzene rings is 1. The summed E-state index contributed by atoms with van der Waals surface area (Å²) in [4.78, 5) is 3.69. The summed E-state index contributed by atoms with van der Waals surface area (Å²) in [5, 5.41) is 13.8. The number of alkyl halides is 2. The first-order valence-corrected chi connectivity index (χ1v) is 6.47. The van der Waals surface area contributed by atoms with E-state index in [1.165, 1.54) is 0 Å². The van der Waals surface area contributed by atoms with Gasteiger partial charge in [-0.1, -0.05) is 0 Å². The molecule has 2 heterocycles. The summed E-state index contributed by atoms with van der Waals surface area (Å²) in [5.41, 5.74) is -0.209. The summed E-state index contributed by atoms with van der Waals surface area (Å²) < 4.78 is 57.5. The number of hydrogen-bond donors (Lipinski definition) is 1. The Balaban J connectivity index is 2.35. The average Bonchev–Trinajstić information content (AvgIpc) is 2.78. The van der Waals surface area contributed by atoms with Crippen LogP contribution >= 0.6 is 0 Å². The Hall–Kier alpha value is -2.45. The second kappa shape index (κ2) is 3.56. The molecule has 8 nitrogen and oxygen atoms in total. The van der Waals surface area contributed by atoms with Gasteiger partial charge in [-0.05, 0) is 0 Å². The van der Waals surface area contributed by atoms with Gasteiger partial charge in [-0.2, -0.15) is 17.7 Å². The number of nitrogens with zero attached hydrogens (tertiary/aromatic N) is 3. The quantitative estimate of drug-likeness (QED) is 0.807. The molecule has 0 amide bonds. The molecule has 1 aromatic heterocycles. The highest BCUT2D eigenvalue weighted by molar-refractivity contribution is 7.87. The SMILES string of the molecule is N#Cc1nc2cc3c(cc2n1S(N)(=O)=O)OC(F)(F)O3. The first-order valence-electron chi connectivity index (χ1n) is 4.97. The lowest BCUT2D eigenvalue weighted by atomic mass is 10.3. The van der Waals surface area contributed by atoms with Gasteiger partial charge >= 0.3 is 16.5 Å². The normalized spacial score (nSPS) is 16.3. The molecule has 0 saturated heterocycles. The lowest BCUT2D eigenvalue weighted by Gasteiger charge is -2.04.